The van der Waals surface area contributed by atoms with Crippen molar-refractivity contribution < 1.29 is 0 Å². The number of rotatable bonds is 6. The minimum Gasteiger partial charge on any atom is -0.307 e. The maximum absolute atomic E-state index is 2.40. The molecule has 1 unspecified atom stereocenters. The summed E-state index contributed by atoms with van der Waals surface area (Å²) >= 11 is 0. The highest BCUT2D eigenvalue weighted by Crippen LogP contribution is 2.33. The molecule has 0 amide bonds. The number of hydrogen-bond donors (Lipinski definition) is 0. The Morgan fingerprint density at radius 1 is 1.00 bits per heavy atom. The van der Waals surface area contributed by atoms with Crippen LogP contribution in [-0.2, 0) is 0 Å². The minimum atomic E-state index is 0.634. The molecule has 1 atom stereocenters. The van der Waals surface area contributed by atoms with Gasteiger partial charge >= 0.3 is 0 Å². The molecule has 1 heteroatoms. The van der Waals surface area contributed by atoms with Crippen molar-refractivity contribution in [2.24, 2.45) is 5.92 Å². The van der Waals surface area contributed by atoms with Gasteiger partial charge in [0.25, 0.3) is 0 Å². The average Bonchev–Trinajstić information content (AvgIpc) is 2.47. The zero-order valence-corrected chi connectivity index (χ0v) is 13.3. The number of benzene rings is 2. The van der Waals surface area contributed by atoms with E-state index in [-0.39, 0.29) is 0 Å². The summed E-state index contributed by atoms with van der Waals surface area (Å²) in [5.41, 5.74) is 1.52. The average molecular weight is 269 g/mol. The molecule has 0 aromatic heterocycles. The first-order chi connectivity index (χ1) is 9.63. The van der Waals surface area contributed by atoms with Gasteiger partial charge in [0.05, 0.1) is 0 Å². The third-order valence-electron chi connectivity index (χ3n) is 4.39. The van der Waals surface area contributed by atoms with E-state index in [1.165, 1.54) is 29.3 Å². The lowest BCUT2D eigenvalue weighted by molar-refractivity contribution is 0.316. The van der Waals surface area contributed by atoms with Crippen LogP contribution in [0.25, 0.3) is 10.8 Å². The molecule has 0 N–H and O–H groups in total. The van der Waals surface area contributed by atoms with Crippen molar-refractivity contribution in [3.8, 4) is 0 Å². The molecule has 0 fully saturated rings. The van der Waals surface area contributed by atoms with Crippen LogP contribution in [0, 0.1) is 5.92 Å². The third kappa shape index (κ3) is 3.40. The van der Waals surface area contributed by atoms with E-state index >= 15 is 0 Å². The summed E-state index contributed by atoms with van der Waals surface area (Å²) in [6, 6.07) is 15.5. The minimum absolute atomic E-state index is 0.634. The van der Waals surface area contributed by atoms with Crippen LogP contribution in [0.15, 0.2) is 42.5 Å². The summed E-state index contributed by atoms with van der Waals surface area (Å²) in [7, 11) is 2.21. The lowest BCUT2D eigenvalue weighted by atomic mass is 9.83. The summed E-state index contributed by atoms with van der Waals surface area (Å²) < 4.78 is 0. The van der Waals surface area contributed by atoms with Crippen LogP contribution < -0.4 is 0 Å². The van der Waals surface area contributed by atoms with Gasteiger partial charge in [-0.1, -0.05) is 63.2 Å². The van der Waals surface area contributed by atoms with E-state index < -0.39 is 0 Å². The monoisotopic (exact) mass is 269 g/mol. The number of fused-ring (bicyclic) bond motifs is 1. The van der Waals surface area contributed by atoms with E-state index in [1.807, 2.05) is 0 Å². The maximum atomic E-state index is 2.40. The standard InChI is InChI=1S/C19H27N/c1-5-20(4)14-13-17(15(2)3)19-12-8-10-16-9-6-7-11-18(16)19/h6-12,15,17H,5,13-14H2,1-4H3. The lowest BCUT2D eigenvalue weighted by Gasteiger charge is -2.25. The van der Waals surface area contributed by atoms with Crippen LogP contribution in [0.3, 0.4) is 0 Å². The lowest BCUT2D eigenvalue weighted by Crippen LogP contribution is -2.22. The van der Waals surface area contributed by atoms with E-state index in [2.05, 4.69) is 75.2 Å². The summed E-state index contributed by atoms with van der Waals surface area (Å²) in [4.78, 5) is 2.40. The quantitative estimate of drug-likeness (QED) is 0.719. The molecule has 2 aromatic rings. The summed E-state index contributed by atoms with van der Waals surface area (Å²) in [6.45, 7) is 9.21. The first-order valence-electron chi connectivity index (χ1n) is 7.79. The molecule has 1 nitrogen and oxygen atoms in total. The summed E-state index contributed by atoms with van der Waals surface area (Å²) in [5, 5.41) is 2.78. The van der Waals surface area contributed by atoms with Gasteiger partial charge in [-0.25, -0.2) is 0 Å². The molecule has 0 saturated carbocycles. The summed E-state index contributed by atoms with van der Waals surface area (Å²) in [5.74, 6) is 1.31. The highest BCUT2D eigenvalue weighted by molar-refractivity contribution is 5.86. The second-order valence-corrected chi connectivity index (χ2v) is 6.10. The van der Waals surface area contributed by atoms with Crippen LogP contribution in [0.1, 0.15) is 38.7 Å². The second-order valence-electron chi connectivity index (χ2n) is 6.10. The molecule has 2 aromatic carbocycles. The van der Waals surface area contributed by atoms with Gasteiger partial charge in [0.15, 0.2) is 0 Å². The first-order valence-corrected chi connectivity index (χ1v) is 7.79. The molecule has 0 radical (unpaired) electrons. The van der Waals surface area contributed by atoms with Crippen LogP contribution >= 0.6 is 0 Å². The largest absolute Gasteiger partial charge is 0.307 e. The van der Waals surface area contributed by atoms with Crippen molar-refractivity contribution >= 4 is 10.8 Å². The predicted molar refractivity (Wildman–Crippen MR) is 89.3 cm³/mol. The molecule has 108 valence electrons. The van der Waals surface area contributed by atoms with Crippen molar-refractivity contribution in [1.29, 1.82) is 0 Å². The number of nitrogens with zero attached hydrogens (tertiary/aromatic N) is 1. The smallest absolute Gasteiger partial charge is 0.00160 e. The fraction of sp³-hybridized carbons (Fsp3) is 0.474. The Morgan fingerprint density at radius 3 is 2.40 bits per heavy atom. The van der Waals surface area contributed by atoms with Gasteiger partial charge in [-0.15, -0.1) is 0 Å². The normalized spacial score (nSPS) is 13.3. The van der Waals surface area contributed by atoms with E-state index in [9.17, 15) is 0 Å². The molecule has 0 saturated heterocycles. The fourth-order valence-corrected chi connectivity index (χ4v) is 2.94. The molecule has 0 aliphatic rings. The van der Waals surface area contributed by atoms with E-state index in [4.69, 9.17) is 0 Å². The van der Waals surface area contributed by atoms with Gasteiger partial charge in [-0.05, 0) is 54.7 Å². The topological polar surface area (TPSA) is 3.24 Å². The maximum Gasteiger partial charge on any atom is -0.00160 e. The Balaban J connectivity index is 2.32. The SMILES string of the molecule is CCN(C)CCC(c1cccc2ccccc12)C(C)C. The highest BCUT2D eigenvalue weighted by Gasteiger charge is 2.18. The Bertz CT molecular complexity index is 539. The first kappa shape index (κ1) is 15.1. The molecule has 0 heterocycles. The molecule has 0 spiro atoms. The van der Waals surface area contributed by atoms with E-state index in [0.717, 1.165) is 6.54 Å². The van der Waals surface area contributed by atoms with Gasteiger partial charge < -0.3 is 4.90 Å². The van der Waals surface area contributed by atoms with Crippen molar-refractivity contribution in [2.75, 3.05) is 20.1 Å². The van der Waals surface area contributed by atoms with Gasteiger partial charge in [0, 0.05) is 0 Å². The molecule has 0 bridgehead atoms. The van der Waals surface area contributed by atoms with Crippen molar-refractivity contribution in [3.63, 3.8) is 0 Å². The van der Waals surface area contributed by atoms with Gasteiger partial charge in [-0.3, -0.25) is 0 Å². The van der Waals surface area contributed by atoms with E-state index in [1.54, 1.807) is 0 Å². The number of hydrogen-bond acceptors (Lipinski definition) is 1. The van der Waals surface area contributed by atoms with Gasteiger partial charge in [0.1, 0.15) is 0 Å². The van der Waals surface area contributed by atoms with Crippen LogP contribution in [-0.4, -0.2) is 25.0 Å². The Kier molecular flexibility index (Phi) is 5.19. The van der Waals surface area contributed by atoms with Crippen LogP contribution in [0.2, 0.25) is 0 Å². The molecule has 0 aliphatic carbocycles. The van der Waals surface area contributed by atoms with Crippen LogP contribution in [0.4, 0.5) is 0 Å². The van der Waals surface area contributed by atoms with E-state index in [0.29, 0.717) is 11.8 Å². The second kappa shape index (κ2) is 6.90. The fourth-order valence-electron chi connectivity index (χ4n) is 2.94. The third-order valence-corrected chi connectivity index (χ3v) is 4.39. The molecule has 2 rings (SSSR count). The van der Waals surface area contributed by atoms with Crippen molar-refractivity contribution in [2.45, 2.75) is 33.1 Å². The Morgan fingerprint density at radius 2 is 1.70 bits per heavy atom. The molecule has 20 heavy (non-hydrogen) atoms. The Hall–Kier alpha value is -1.34. The zero-order chi connectivity index (χ0) is 14.5. The Labute approximate surface area is 123 Å². The van der Waals surface area contributed by atoms with Gasteiger partial charge in [0.2, 0.25) is 0 Å². The van der Waals surface area contributed by atoms with Crippen molar-refractivity contribution in [1.82, 2.24) is 4.90 Å². The molecular formula is C19H27N. The van der Waals surface area contributed by atoms with Gasteiger partial charge in [-0.2, -0.15) is 0 Å². The predicted octanol–water partition coefficient (Wildman–Crippen LogP) is 4.92. The molecular weight excluding hydrogens is 242 g/mol. The molecule has 0 aliphatic heterocycles. The zero-order valence-electron chi connectivity index (χ0n) is 13.3. The van der Waals surface area contributed by atoms with Crippen molar-refractivity contribution in [3.05, 3.63) is 48.0 Å². The highest BCUT2D eigenvalue weighted by atomic mass is 15.1. The van der Waals surface area contributed by atoms with Crippen LogP contribution in [0.5, 0.6) is 0 Å². The summed E-state index contributed by atoms with van der Waals surface area (Å²) in [6.07, 6.45) is 1.23.